The molecular formula is C29H40N4O. The molecule has 2 heterocycles. The predicted molar refractivity (Wildman–Crippen MR) is 141 cm³/mol. The van der Waals surface area contributed by atoms with Crippen LogP contribution in [0.1, 0.15) is 81.4 Å². The molecular weight excluding hydrogens is 420 g/mol. The van der Waals surface area contributed by atoms with E-state index in [0.717, 1.165) is 30.6 Å². The quantitative estimate of drug-likeness (QED) is 0.296. The highest BCUT2D eigenvalue weighted by Gasteiger charge is 2.33. The minimum atomic E-state index is -0.226. The van der Waals surface area contributed by atoms with Gasteiger partial charge < -0.3 is 10.6 Å². The molecule has 0 bridgehead atoms. The Labute approximate surface area is 204 Å². The molecule has 1 amide bonds. The van der Waals surface area contributed by atoms with Crippen molar-refractivity contribution in [2.75, 3.05) is 18.0 Å². The first-order valence-corrected chi connectivity index (χ1v) is 13.0. The smallest absolute Gasteiger partial charge is 0.234 e. The Kier molecular flexibility index (Phi) is 8.04. The molecule has 3 N–H and O–H groups in total. The number of likely N-dealkylation sites (tertiary alicyclic amines) is 1. The lowest BCUT2D eigenvalue weighted by Gasteiger charge is -2.39. The fourth-order valence-electron chi connectivity index (χ4n) is 5.81. The maximum atomic E-state index is 13.6. The van der Waals surface area contributed by atoms with E-state index in [-0.39, 0.29) is 17.7 Å². The van der Waals surface area contributed by atoms with E-state index in [9.17, 15) is 4.79 Å². The van der Waals surface area contributed by atoms with E-state index >= 15 is 0 Å². The Morgan fingerprint density at radius 1 is 0.971 bits per heavy atom. The van der Waals surface area contributed by atoms with E-state index in [1.165, 1.54) is 44.2 Å². The molecule has 1 fully saturated rings. The summed E-state index contributed by atoms with van der Waals surface area (Å²) in [4.78, 5) is 18.3. The number of amides is 1. The third-order valence-corrected chi connectivity index (χ3v) is 7.79. The zero-order chi connectivity index (χ0) is 24.1. The summed E-state index contributed by atoms with van der Waals surface area (Å²) in [6, 6.07) is 17.3. The summed E-state index contributed by atoms with van der Waals surface area (Å²) in [5, 5.41) is 7.77. The molecule has 0 saturated carbocycles. The largest absolute Gasteiger partial charge is 0.384 e. The van der Waals surface area contributed by atoms with Gasteiger partial charge in [-0.25, -0.2) is 0 Å². The van der Waals surface area contributed by atoms with Crippen molar-refractivity contribution in [1.29, 1.82) is 5.41 Å². The van der Waals surface area contributed by atoms with Gasteiger partial charge in [-0.3, -0.25) is 15.1 Å². The van der Waals surface area contributed by atoms with Gasteiger partial charge in [-0.1, -0.05) is 55.7 Å². The number of benzene rings is 2. The van der Waals surface area contributed by atoms with Gasteiger partial charge in [0.05, 0.1) is 5.92 Å². The Hall–Kier alpha value is -2.66. The van der Waals surface area contributed by atoms with E-state index in [1.807, 2.05) is 35.2 Å². The molecule has 5 nitrogen and oxygen atoms in total. The van der Waals surface area contributed by atoms with Crippen LogP contribution in [-0.4, -0.2) is 41.8 Å². The van der Waals surface area contributed by atoms with Crippen LogP contribution in [0.3, 0.4) is 0 Å². The summed E-state index contributed by atoms with van der Waals surface area (Å²) in [5.74, 6) is -0.0256. The molecule has 4 rings (SSSR count). The Morgan fingerprint density at radius 3 is 2.41 bits per heavy atom. The molecule has 0 aliphatic carbocycles. The number of hydrogen-bond donors (Lipinski definition) is 2. The second-order valence-electron chi connectivity index (χ2n) is 10.2. The summed E-state index contributed by atoms with van der Waals surface area (Å²) < 4.78 is 0. The van der Waals surface area contributed by atoms with E-state index in [1.54, 1.807) is 0 Å². The number of hydrogen-bond acceptors (Lipinski definition) is 3. The molecule has 1 saturated heterocycles. The monoisotopic (exact) mass is 460 g/mol. The summed E-state index contributed by atoms with van der Waals surface area (Å²) in [6.07, 6.45) is 9.33. The number of fused-ring (bicyclic) bond motifs is 1. The van der Waals surface area contributed by atoms with Crippen LogP contribution in [0, 0.1) is 5.41 Å². The molecule has 0 spiro atoms. The number of nitrogens with one attached hydrogen (secondary N) is 1. The standard InChI is InChI=1S/C29H40N4O/c1-21-11-9-12-22(2)32(21)17-7-3-4-8-18-33-27-16-6-5-13-24(27)20-26(29(33)34)23-14-10-15-25(19-23)28(30)31/h5-6,10,13-16,19,21-22,26H,3-4,7-9,11-12,17-18,20H2,1-2H3,(H3,30,31)/t21-,22+,26?. The van der Waals surface area contributed by atoms with Gasteiger partial charge in [0.2, 0.25) is 5.91 Å². The summed E-state index contributed by atoms with van der Waals surface area (Å²) in [6.45, 7) is 6.70. The Morgan fingerprint density at radius 2 is 1.68 bits per heavy atom. The minimum Gasteiger partial charge on any atom is -0.384 e. The number of nitrogen functional groups attached to an aromatic ring is 1. The molecule has 2 aliphatic rings. The maximum absolute atomic E-state index is 13.6. The van der Waals surface area contributed by atoms with Gasteiger partial charge in [0.15, 0.2) is 0 Å². The van der Waals surface area contributed by atoms with E-state index in [2.05, 4.69) is 36.9 Å². The van der Waals surface area contributed by atoms with Crippen molar-refractivity contribution in [2.45, 2.75) is 83.2 Å². The predicted octanol–water partition coefficient (Wildman–Crippen LogP) is 5.47. The SMILES string of the molecule is C[C@@H]1CCC[C@H](C)N1CCCCCCN1C(=O)C(c2cccc(C(=N)N)c2)Cc2ccccc21. The summed E-state index contributed by atoms with van der Waals surface area (Å²) in [7, 11) is 0. The molecule has 2 aliphatic heterocycles. The number of carbonyl (C=O) groups is 1. The van der Waals surface area contributed by atoms with Crippen LogP contribution < -0.4 is 10.6 Å². The maximum Gasteiger partial charge on any atom is 0.234 e. The zero-order valence-corrected chi connectivity index (χ0v) is 20.8. The van der Waals surface area contributed by atoms with Gasteiger partial charge in [0.25, 0.3) is 0 Å². The van der Waals surface area contributed by atoms with E-state index in [0.29, 0.717) is 24.1 Å². The molecule has 182 valence electrons. The van der Waals surface area contributed by atoms with Crippen molar-refractivity contribution in [3.8, 4) is 0 Å². The van der Waals surface area contributed by atoms with Crippen LogP contribution in [0.4, 0.5) is 5.69 Å². The molecule has 34 heavy (non-hydrogen) atoms. The van der Waals surface area contributed by atoms with Gasteiger partial charge >= 0.3 is 0 Å². The van der Waals surface area contributed by atoms with Crippen LogP contribution in [0.25, 0.3) is 0 Å². The Balaban J connectivity index is 1.36. The molecule has 1 unspecified atom stereocenters. The third-order valence-electron chi connectivity index (χ3n) is 7.79. The van der Waals surface area contributed by atoms with Gasteiger partial charge in [-0.2, -0.15) is 0 Å². The second-order valence-corrected chi connectivity index (χ2v) is 10.2. The van der Waals surface area contributed by atoms with Crippen molar-refractivity contribution >= 4 is 17.4 Å². The van der Waals surface area contributed by atoms with Crippen LogP contribution in [0.5, 0.6) is 0 Å². The summed E-state index contributed by atoms with van der Waals surface area (Å²) in [5.41, 5.74) is 9.60. The van der Waals surface area contributed by atoms with E-state index in [4.69, 9.17) is 11.1 Å². The first kappa shape index (κ1) is 24.5. The number of unbranched alkanes of at least 4 members (excludes halogenated alkanes) is 3. The lowest BCUT2D eigenvalue weighted by atomic mass is 9.85. The Bertz CT molecular complexity index is 993. The van der Waals surface area contributed by atoms with Gasteiger partial charge in [0, 0.05) is 29.9 Å². The highest BCUT2D eigenvalue weighted by atomic mass is 16.2. The van der Waals surface area contributed by atoms with Crippen molar-refractivity contribution in [3.05, 3.63) is 65.2 Å². The second kappa shape index (κ2) is 11.2. The fraction of sp³-hybridized carbons (Fsp3) is 0.517. The van der Waals surface area contributed by atoms with Crippen LogP contribution in [0.2, 0.25) is 0 Å². The average Bonchev–Trinajstić information content (AvgIpc) is 2.83. The molecule has 0 radical (unpaired) electrons. The number of anilines is 1. The van der Waals surface area contributed by atoms with Crippen LogP contribution in [0.15, 0.2) is 48.5 Å². The number of nitrogens with two attached hydrogens (primary N) is 1. The van der Waals surface area contributed by atoms with Crippen LogP contribution >= 0.6 is 0 Å². The van der Waals surface area contributed by atoms with E-state index < -0.39 is 0 Å². The van der Waals surface area contributed by atoms with Crippen molar-refractivity contribution in [1.82, 2.24) is 4.90 Å². The average molecular weight is 461 g/mol. The first-order valence-electron chi connectivity index (χ1n) is 13.0. The van der Waals surface area contributed by atoms with Crippen molar-refractivity contribution in [3.63, 3.8) is 0 Å². The topological polar surface area (TPSA) is 73.4 Å². The fourth-order valence-corrected chi connectivity index (χ4v) is 5.81. The summed E-state index contributed by atoms with van der Waals surface area (Å²) >= 11 is 0. The van der Waals surface area contributed by atoms with Gasteiger partial charge in [0.1, 0.15) is 5.84 Å². The lowest BCUT2D eigenvalue weighted by Crippen LogP contribution is -2.44. The molecule has 5 heteroatoms. The zero-order valence-electron chi connectivity index (χ0n) is 20.8. The minimum absolute atomic E-state index is 0.0377. The van der Waals surface area contributed by atoms with Gasteiger partial charge in [-0.15, -0.1) is 0 Å². The number of para-hydroxylation sites is 1. The molecule has 2 aromatic carbocycles. The number of amidine groups is 1. The lowest BCUT2D eigenvalue weighted by molar-refractivity contribution is -0.120. The number of nitrogens with zero attached hydrogens (tertiary/aromatic N) is 2. The van der Waals surface area contributed by atoms with Crippen molar-refractivity contribution in [2.24, 2.45) is 5.73 Å². The third kappa shape index (κ3) is 5.52. The number of rotatable bonds is 9. The number of carbonyl (C=O) groups excluding carboxylic acids is 1. The molecule has 2 aromatic rings. The molecule has 3 atom stereocenters. The normalized spacial score (nSPS) is 23.1. The van der Waals surface area contributed by atoms with Crippen molar-refractivity contribution < 1.29 is 4.79 Å². The number of piperidine rings is 1. The molecule has 0 aromatic heterocycles. The highest BCUT2D eigenvalue weighted by Crippen LogP contribution is 2.36. The van der Waals surface area contributed by atoms with Crippen LogP contribution in [-0.2, 0) is 11.2 Å². The first-order chi connectivity index (χ1) is 16.5. The van der Waals surface area contributed by atoms with Gasteiger partial charge in [-0.05, 0) is 75.8 Å². The highest BCUT2D eigenvalue weighted by molar-refractivity contribution is 6.01.